The minimum atomic E-state index is -0.00946. The smallest absolute Gasteiger partial charge is 0.227 e. The third-order valence-corrected chi connectivity index (χ3v) is 5.55. The number of benzene rings is 2. The lowest BCUT2D eigenvalue weighted by molar-refractivity contribution is -0.128. The molecule has 0 bridgehead atoms. The van der Waals surface area contributed by atoms with Crippen LogP contribution in [0.5, 0.6) is 0 Å². The van der Waals surface area contributed by atoms with Gasteiger partial charge in [0.1, 0.15) is 0 Å². The van der Waals surface area contributed by atoms with Crippen LogP contribution in [0.1, 0.15) is 42.4 Å². The molecule has 4 heteroatoms. The average molecular weight is 364 g/mol. The lowest BCUT2D eigenvalue weighted by Gasteiger charge is -2.27. The van der Waals surface area contributed by atoms with Gasteiger partial charge in [-0.1, -0.05) is 36.4 Å². The number of nitrogens with one attached hydrogen (secondary N) is 2. The summed E-state index contributed by atoms with van der Waals surface area (Å²) in [6, 6.07) is 15.9. The Morgan fingerprint density at radius 1 is 0.852 bits per heavy atom. The van der Waals surface area contributed by atoms with E-state index in [0.29, 0.717) is 6.54 Å². The highest BCUT2D eigenvalue weighted by molar-refractivity contribution is 5.93. The van der Waals surface area contributed by atoms with E-state index in [0.717, 1.165) is 36.9 Å². The monoisotopic (exact) mass is 364 g/mol. The topological polar surface area (TPSA) is 58.2 Å². The molecular weight excluding hydrogens is 336 g/mol. The molecule has 1 aliphatic rings. The number of rotatable bonds is 5. The van der Waals surface area contributed by atoms with E-state index in [2.05, 4.69) is 17.6 Å². The standard InChI is InChI=1S/C23H28N2O2/c1-16-8-13-21(14-17(16)2)25-23(27)20-11-9-19(10-12-20)22(26)24-15-18-6-4-3-5-7-18/h3-8,13-14,19-20H,9-12,15H2,1-2H3,(H,24,26)(H,25,27). The number of hydrogen-bond donors (Lipinski definition) is 2. The molecule has 2 aromatic carbocycles. The molecule has 1 saturated carbocycles. The SMILES string of the molecule is Cc1ccc(NC(=O)C2CCC(C(=O)NCc3ccccc3)CC2)cc1C. The maximum atomic E-state index is 12.5. The number of carbonyl (C=O) groups is 2. The highest BCUT2D eigenvalue weighted by Gasteiger charge is 2.29. The van der Waals surface area contributed by atoms with Gasteiger partial charge in [0.25, 0.3) is 0 Å². The molecule has 4 nitrogen and oxygen atoms in total. The molecule has 0 radical (unpaired) electrons. The number of amides is 2. The van der Waals surface area contributed by atoms with Gasteiger partial charge in [-0.3, -0.25) is 9.59 Å². The van der Waals surface area contributed by atoms with Crippen LogP contribution in [0, 0.1) is 25.7 Å². The quantitative estimate of drug-likeness (QED) is 0.828. The number of carbonyl (C=O) groups excluding carboxylic acids is 2. The van der Waals surface area contributed by atoms with Gasteiger partial charge in [0.2, 0.25) is 11.8 Å². The Morgan fingerprint density at radius 2 is 1.48 bits per heavy atom. The van der Waals surface area contributed by atoms with E-state index in [9.17, 15) is 9.59 Å². The average Bonchev–Trinajstić information content (AvgIpc) is 2.70. The summed E-state index contributed by atoms with van der Waals surface area (Å²) in [6.07, 6.45) is 3.07. The Balaban J connectivity index is 1.45. The summed E-state index contributed by atoms with van der Waals surface area (Å²) >= 11 is 0. The molecule has 0 aromatic heterocycles. The van der Waals surface area contributed by atoms with Crippen molar-refractivity contribution in [3.05, 3.63) is 65.2 Å². The molecule has 3 rings (SSSR count). The van der Waals surface area contributed by atoms with Crippen LogP contribution in [0.15, 0.2) is 48.5 Å². The Labute approximate surface area is 161 Å². The Morgan fingerprint density at radius 3 is 2.11 bits per heavy atom. The Hall–Kier alpha value is -2.62. The van der Waals surface area contributed by atoms with E-state index < -0.39 is 0 Å². The first kappa shape index (κ1) is 19.2. The molecule has 1 aliphatic carbocycles. The van der Waals surface area contributed by atoms with E-state index in [1.807, 2.05) is 55.5 Å². The fourth-order valence-electron chi connectivity index (χ4n) is 3.61. The third-order valence-electron chi connectivity index (χ3n) is 5.55. The molecule has 0 aliphatic heterocycles. The maximum Gasteiger partial charge on any atom is 0.227 e. The summed E-state index contributed by atoms with van der Waals surface area (Å²) in [7, 11) is 0. The molecule has 27 heavy (non-hydrogen) atoms. The van der Waals surface area contributed by atoms with Crippen molar-refractivity contribution in [2.45, 2.75) is 46.1 Å². The van der Waals surface area contributed by atoms with Crippen LogP contribution in [-0.2, 0) is 16.1 Å². The summed E-state index contributed by atoms with van der Waals surface area (Å²) in [4.78, 5) is 24.9. The van der Waals surface area contributed by atoms with Crippen molar-refractivity contribution < 1.29 is 9.59 Å². The molecule has 0 unspecified atom stereocenters. The predicted molar refractivity (Wildman–Crippen MR) is 108 cm³/mol. The van der Waals surface area contributed by atoms with E-state index in [1.165, 1.54) is 11.1 Å². The summed E-state index contributed by atoms with van der Waals surface area (Å²) in [5, 5.41) is 6.06. The van der Waals surface area contributed by atoms with Crippen LogP contribution < -0.4 is 10.6 Å². The van der Waals surface area contributed by atoms with Crippen molar-refractivity contribution in [3.8, 4) is 0 Å². The van der Waals surface area contributed by atoms with Gasteiger partial charge >= 0.3 is 0 Å². The summed E-state index contributed by atoms with van der Waals surface area (Å²) < 4.78 is 0. The molecule has 0 saturated heterocycles. The van der Waals surface area contributed by atoms with Crippen molar-refractivity contribution >= 4 is 17.5 Å². The second-order valence-corrected chi connectivity index (χ2v) is 7.54. The summed E-state index contributed by atoms with van der Waals surface area (Å²) in [5.41, 5.74) is 4.35. The van der Waals surface area contributed by atoms with Crippen molar-refractivity contribution in [1.29, 1.82) is 0 Å². The number of aryl methyl sites for hydroxylation is 2. The van der Waals surface area contributed by atoms with E-state index >= 15 is 0 Å². The van der Waals surface area contributed by atoms with Crippen molar-refractivity contribution in [1.82, 2.24) is 5.32 Å². The molecule has 2 N–H and O–H groups in total. The maximum absolute atomic E-state index is 12.5. The molecule has 2 aromatic rings. The first-order chi connectivity index (χ1) is 13.0. The minimum Gasteiger partial charge on any atom is -0.352 e. The lowest BCUT2D eigenvalue weighted by atomic mass is 9.81. The van der Waals surface area contributed by atoms with Crippen LogP contribution in [-0.4, -0.2) is 11.8 Å². The van der Waals surface area contributed by atoms with E-state index in [4.69, 9.17) is 0 Å². The zero-order valence-corrected chi connectivity index (χ0v) is 16.1. The number of hydrogen-bond acceptors (Lipinski definition) is 2. The van der Waals surface area contributed by atoms with Crippen LogP contribution in [0.4, 0.5) is 5.69 Å². The van der Waals surface area contributed by atoms with Crippen molar-refractivity contribution in [3.63, 3.8) is 0 Å². The fraction of sp³-hybridized carbons (Fsp3) is 0.391. The van der Waals surface area contributed by atoms with Crippen LogP contribution >= 0.6 is 0 Å². The Bertz CT molecular complexity index is 793. The molecule has 142 valence electrons. The summed E-state index contributed by atoms with van der Waals surface area (Å²) in [6.45, 7) is 4.67. The fourth-order valence-corrected chi connectivity index (χ4v) is 3.61. The van der Waals surface area contributed by atoms with Gasteiger partial charge in [0.15, 0.2) is 0 Å². The van der Waals surface area contributed by atoms with Gasteiger partial charge in [-0.05, 0) is 68.4 Å². The van der Waals surface area contributed by atoms with Crippen LogP contribution in [0.3, 0.4) is 0 Å². The predicted octanol–water partition coefficient (Wildman–Crippen LogP) is 4.36. The zero-order chi connectivity index (χ0) is 19.2. The van der Waals surface area contributed by atoms with Crippen molar-refractivity contribution in [2.75, 3.05) is 5.32 Å². The van der Waals surface area contributed by atoms with E-state index in [-0.39, 0.29) is 23.7 Å². The van der Waals surface area contributed by atoms with Gasteiger partial charge in [0, 0.05) is 24.1 Å². The number of anilines is 1. The first-order valence-corrected chi connectivity index (χ1v) is 9.72. The normalized spacial score (nSPS) is 19.3. The second kappa shape index (κ2) is 8.85. The second-order valence-electron chi connectivity index (χ2n) is 7.54. The Kier molecular flexibility index (Phi) is 6.28. The molecule has 1 fully saturated rings. The first-order valence-electron chi connectivity index (χ1n) is 9.72. The van der Waals surface area contributed by atoms with Crippen molar-refractivity contribution in [2.24, 2.45) is 11.8 Å². The molecule has 2 amide bonds. The minimum absolute atomic E-state index is 0.00946. The van der Waals surface area contributed by atoms with Crippen LogP contribution in [0.2, 0.25) is 0 Å². The van der Waals surface area contributed by atoms with Gasteiger partial charge in [0.05, 0.1) is 0 Å². The lowest BCUT2D eigenvalue weighted by Crippen LogP contribution is -2.35. The van der Waals surface area contributed by atoms with Gasteiger partial charge in [-0.2, -0.15) is 0 Å². The van der Waals surface area contributed by atoms with E-state index in [1.54, 1.807) is 0 Å². The van der Waals surface area contributed by atoms with Gasteiger partial charge in [-0.15, -0.1) is 0 Å². The molecule has 0 atom stereocenters. The van der Waals surface area contributed by atoms with Gasteiger partial charge < -0.3 is 10.6 Å². The summed E-state index contributed by atoms with van der Waals surface area (Å²) in [5.74, 6) is 0.178. The highest BCUT2D eigenvalue weighted by Crippen LogP contribution is 2.30. The molecular formula is C23H28N2O2. The highest BCUT2D eigenvalue weighted by atomic mass is 16.2. The largest absolute Gasteiger partial charge is 0.352 e. The molecule has 0 spiro atoms. The molecule has 0 heterocycles. The van der Waals surface area contributed by atoms with Crippen LogP contribution in [0.25, 0.3) is 0 Å². The third kappa shape index (κ3) is 5.19. The zero-order valence-electron chi connectivity index (χ0n) is 16.1. The van der Waals surface area contributed by atoms with Gasteiger partial charge in [-0.25, -0.2) is 0 Å².